The van der Waals surface area contributed by atoms with E-state index in [9.17, 15) is 4.79 Å². The van der Waals surface area contributed by atoms with Gasteiger partial charge < -0.3 is 4.74 Å². The number of hydrogen-bond donors (Lipinski definition) is 2. The second kappa shape index (κ2) is 3.50. The van der Waals surface area contributed by atoms with Crippen LogP contribution < -0.4 is 10.9 Å². The largest absolute Gasteiger partial charge is 0.468 e. The minimum atomic E-state index is -0.351. The molecule has 1 aliphatic rings. The molecule has 0 saturated heterocycles. The molecular formula is C7H12N2O2. The van der Waals surface area contributed by atoms with Crippen LogP contribution in [0.15, 0.2) is 12.2 Å². The van der Waals surface area contributed by atoms with E-state index in [2.05, 4.69) is 15.6 Å². The van der Waals surface area contributed by atoms with Crippen LogP contribution in [-0.4, -0.2) is 25.2 Å². The molecule has 4 nitrogen and oxygen atoms in total. The van der Waals surface area contributed by atoms with Crippen molar-refractivity contribution in [2.24, 2.45) is 0 Å². The fourth-order valence-electron chi connectivity index (χ4n) is 0.860. The Morgan fingerprint density at radius 3 is 2.64 bits per heavy atom. The highest BCUT2D eigenvalue weighted by molar-refractivity contribution is 5.78. The van der Waals surface area contributed by atoms with Crippen molar-refractivity contribution in [3.8, 4) is 0 Å². The summed E-state index contributed by atoms with van der Waals surface area (Å²) in [7, 11) is 1.37. The van der Waals surface area contributed by atoms with E-state index in [4.69, 9.17) is 0 Å². The summed E-state index contributed by atoms with van der Waals surface area (Å²) in [6, 6.07) is -0.0906. The van der Waals surface area contributed by atoms with Gasteiger partial charge in [-0.2, -0.15) is 0 Å². The van der Waals surface area contributed by atoms with Crippen LogP contribution in [0.1, 0.15) is 6.92 Å². The van der Waals surface area contributed by atoms with E-state index in [-0.39, 0.29) is 18.1 Å². The van der Waals surface area contributed by atoms with Gasteiger partial charge in [0.15, 0.2) is 0 Å². The number of nitrogens with one attached hydrogen (secondary N) is 2. The fourth-order valence-corrected chi connectivity index (χ4v) is 0.860. The normalized spacial score (nSPS) is 30.0. The Kier molecular flexibility index (Phi) is 2.62. The van der Waals surface area contributed by atoms with Crippen molar-refractivity contribution >= 4 is 5.97 Å². The first kappa shape index (κ1) is 8.23. The Bertz CT molecular complexity index is 179. The number of esters is 1. The zero-order valence-electron chi connectivity index (χ0n) is 6.63. The van der Waals surface area contributed by atoms with Crippen molar-refractivity contribution in [1.82, 2.24) is 10.9 Å². The molecule has 11 heavy (non-hydrogen) atoms. The van der Waals surface area contributed by atoms with Crippen molar-refractivity contribution in [3.05, 3.63) is 12.2 Å². The summed E-state index contributed by atoms with van der Waals surface area (Å²) in [4.78, 5) is 10.9. The van der Waals surface area contributed by atoms with Gasteiger partial charge in [-0.05, 0) is 6.92 Å². The van der Waals surface area contributed by atoms with E-state index < -0.39 is 0 Å². The van der Waals surface area contributed by atoms with Crippen molar-refractivity contribution in [3.63, 3.8) is 0 Å². The topological polar surface area (TPSA) is 50.4 Å². The molecule has 4 heteroatoms. The summed E-state index contributed by atoms with van der Waals surface area (Å²) in [6.45, 7) is 1.98. The molecule has 1 aliphatic heterocycles. The van der Waals surface area contributed by atoms with Crippen LogP contribution >= 0.6 is 0 Å². The molecule has 62 valence electrons. The third-order valence-corrected chi connectivity index (χ3v) is 1.51. The van der Waals surface area contributed by atoms with Crippen molar-refractivity contribution in [2.75, 3.05) is 7.11 Å². The van der Waals surface area contributed by atoms with E-state index in [1.54, 1.807) is 6.08 Å². The van der Waals surface area contributed by atoms with Crippen molar-refractivity contribution in [2.45, 2.75) is 19.0 Å². The summed E-state index contributed by atoms with van der Waals surface area (Å²) >= 11 is 0. The maximum atomic E-state index is 10.9. The number of methoxy groups -OCH3 is 1. The molecule has 0 bridgehead atoms. The van der Waals surface area contributed by atoms with Gasteiger partial charge in [-0.15, -0.1) is 0 Å². The number of hydrogen-bond acceptors (Lipinski definition) is 4. The van der Waals surface area contributed by atoms with Gasteiger partial charge in [0.25, 0.3) is 0 Å². The smallest absolute Gasteiger partial charge is 0.328 e. The predicted molar refractivity (Wildman–Crippen MR) is 40.7 cm³/mol. The Morgan fingerprint density at radius 2 is 2.18 bits per heavy atom. The molecule has 0 radical (unpaired) electrons. The highest BCUT2D eigenvalue weighted by Crippen LogP contribution is 1.97. The maximum Gasteiger partial charge on any atom is 0.328 e. The number of hydrazine groups is 1. The fraction of sp³-hybridized carbons (Fsp3) is 0.571. The Hall–Kier alpha value is -0.870. The first-order valence-corrected chi connectivity index (χ1v) is 3.51. The Balaban J connectivity index is 2.50. The van der Waals surface area contributed by atoms with Crippen molar-refractivity contribution in [1.29, 1.82) is 0 Å². The maximum absolute atomic E-state index is 10.9. The third-order valence-electron chi connectivity index (χ3n) is 1.51. The molecule has 0 aromatic rings. The average Bonchev–Trinajstić information content (AvgIpc) is 2.05. The highest BCUT2D eigenvalue weighted by Gasteiger charge is 2.18. The molecule has 0 spiro atoms. The summed E-state index contributed by atoms with van der Waals surface area (Å²) in [5, 5.41) is 0. The molecule has 0 aliphatic carbocycles. The molecule has 0 saturated carbocycles. The zero-order valence-corrected chi connectivity index (χ0v) is 6.63. The minimum absolute atomic E-state index is 0.260. The molecule has 0 aromatic carbocycles. The molecule has 2 N–H and O–H groups in total. The van der Waals surface area contributed by atoms with Crippen LogP contribution in [0.4, 0.5) is 0 Å². The van der Waals surface area contributed by atoms with Crippen LogP contribution in [0.3, 0.4) is 0 Å². The number of rotatable bonds is 1. The lowest BCUT2D eigenvalue weighted by Gasteiger charge is -2.21. The van der Waals surface area contributed by atoms with Gasteiger partial charge in [-0.1, -0.05) is 12.2 Å². The number of carbonyl (C=O) groups is 1. The van der Waals surface area contributed by atoms with E-state index >= 15 is 0 Å². The lowest BCUT2D eigenvalue weighted by atomic mass is 10.2. The zero-order chi connectivity index (χ0) is 8.27. The lowest BCUT2D eigenvalue weighted by molar-refractivity contribution is -0.142. The molecule has 0 aromatic heterocycles. The van der Waals surface area contributed by atoms with Crippen molar-refractivity contribution < 1.29 is 9.53 Å². The van der Waals surface area contributed by atoms with Gasteiger partial charge in [0.2, 0.25) is 0 Å². The van der Waals surface area contributed by atoms with E-state index in [0.717, 1.165) is 0 Å². The van der Waals surface area contributed by atoms with Gasteiger partial charge in [-0.25, -0.2) is 10.2 Å². The third kappa shape index (κ3) is 2.03. The summed E-state index contributed by atoms with van der Waals surface area (Å²) in [5.74, 6) is -0.277. The first-order valence-electron chi connectivity index (χ1n) is 3.51. The molecule has 1 rings (SSSR count). The highest BCUT2D eigenvalue weighted by atomic mass is 16.5. The van der Waals surface area contributed by atoms with Crippen LogP contribution in [0.2, 0.25) is 0 Å². The molecule has 0 fully saturated rings. The van der Waals surface area contributed by atoms with Crippen LogP contribution in [0, 0.1) is 0 Å². The second-order valence-electron chi connectivity index (χ2n) is 2.46. The predicted octanol–water partition coefficient (Wildman–Crippen LogP) is -0.420. The number of carbonyl (C=O) groups excluding carboxylic acids is 1. The second-order valence-corrected chi connectivity index (χ2v) is 2.46. The number of ether oxygens (including phenoxy) is 1. The van der Waals surface area contributed by atoms with Gasteiger partial charge in [0.05, 0.1) is 7.11 Å². The van der Waals surface area contributed by atoms with Crippen LogP contribution in [0.25, 0.3) is 0 Å². The summed E-state index contributed by atoms with van der Waals surface area (Å²) in [5.41, 5.74) is 5.72. The van der Waals surface area contributed by atoms with Gasteiger partial charge in [-0.3, -0.25) is 5.43 Å². The van der Waals surface area contributed by atoms with E-state index in [1.165, 1.54) is 7.11 Å². The SMILES string of the molecule is COC(=O)[C@@H]1C=C[C@H](C)NN1. The molecule has 0 unspecified atom stereocenters. The average molecular weight is 156 g/mol. The first-order chi connectivity index (χ1) is 5.24. The van der Waals surface area contributed by atoms with E-state index in [1.807, 2.05) is 13.0 Å². The van der Waals surface area contributed by atoms with E-state index in [0.29, 0.717) is 0 Å². The lowest BCUT2D eigenvalue weighted by Crippen LogP contribution is -2.51. The monoisotopic (exact) mass is 156 g/mol. The standard InChI is InChI=1S/C7H12N2O2/c1-5-3-4-6(9-8-5)7(10)11-2/h3-6,8-9H,1-2H3/t5-,6-/m0/s1. The summed E-state index contributed by atoms with van der Waals surface area (Å²) in [6.07, 6.45) is 3.70. The molecule has 2 atom stereocenters. The Morgan fingerprint density at radius 1 is 1.45 bits per heavy atom. The van der Waals surface area contributed by atoms with Crippen LogP contribution in [0.5, 0.6) is 0 Å². The van der Waals surface area contributed by atoms with Gasteiger partial charge >= 0.3 is 5.97 Å². The van der Waals surface area contributed by atoms with Crippen LogP contribution in [-0.2, 0) is 9.53 Å². The molecule has 1 heterocycles. The quantitative estimate of drug-likeness (QED) is 0.400. The van der Waals surface area contributed by atoms with Gasteiger partial charge in [0.1, 0.15) is 6.04 Å². The Labute approximate surface area is 65.6 Å². The van der Waals surface area contributed by atoms with Gasteiger partial charge in [0, 0.05) is 6.04 Å². The summed E-state index contributed by atoms with van der Waals surface area (Å²) < 4.78 is 4.53. The molecular weight excluding hydrogens is 144 g/mol. The minimum Gasteiger partial charge on any atom is -0.468 e. The molecule has 0 amide bonds.